The van der Waals surface area contributed by atoms with Crippen LogP contribution in [0.2, 0.25) is 0 Å². The number of benzene rings is 1. The Balaban J connectivity index is 1.45. The smallest absolute Gasteiger partial charge is 0.262 e. The van der Waals surface area contributed by atoms with Crippen LogP contribution in [0.25, 0.3) is 10.1 Å². The van der Waals surface area contributed by atoms with Gasteiger partial charge in [0.15, 0.2) is 0 Å². The Morgan fingerprint density at radius 3 is 2.54 bits per heavy atom. The molecule has 0 saturated heterocycles. The third-order valence-corrected chi connectivity index (χ3v) is 7.98. The second-order valence-corrected chi connectivity index (χ2v) is 9.44. The lowest BCUT2D eigenvalue weighted by Crippen LogP contribution is -2.55. The van der Waals surface area contributed by atoms with Crippen LogP contribution < -0.4 is 5.32 Å². The molecule has 4 saturated carbocycles. The van der Waals surface area contributed by atoms with Crippen LogP contribution in [0, 0.1) is 29.5 Å². The fourth-order valence-electron chi connectivity index (χ4n) is 6.01. The normalized spacial score (nSPS) is 32.3. The Morgan fingerprint density at radius 2 is 1.88 bits per heavy atom. The number of hydrogen-bond donors (Lipinski definition) is 1. The van der Waals surface area contributed by atoms with Gasteiger partial charge < -0.3 is 10.1 Å². The molecule has 1 N–H and O–H groups in total. The van der Waals surface area contributed by atoms with Gasteiger partial charge in [-0.2, -0.15) is 0 Å². The van der Waals surface area contributed by atoms with Crippen molar-refractivity contribution in [3.63, 3.8) is 0 Å². The van der Waals surface area contributed by atoms with Crippen LogP contribution in [0.3, 0.4) is 0 Å². The Hall–Kier alpha value is -1.46. The molecule has 138 valence electrons. The second kappa shape index (κ2) is 6.31. The largest absolute Gasteiger partial charge is 0.380 e. The summed E-state index contributed by atoms with van der Waals surface area (Å²) in [5.74, 6) is 2.70. The van der Waals surface area contributed by atoms with Gasteiger partial charge in [0.05, 0.1) is 11.5 Å². The summed E-state index contributed by atoms with van der Waals surface area (Å²) in [4.78, 5) is 13.7. The minimum atomic E-state index is -0.278. The van der Waals surface area contributed by atoms with Crippen LogP contribution >= 0.6 is 11.3 Å². The lowest BCUT2D eigenvalue weighted by atomic mass is 9.54. The van der Waals surface area contributed by atoms with Crippen LogP contribution in [0.1, 0.15) is 47.3 Å². The minimum absolute atomic E-state index is 0.0462. The molecule has 5 heteroatoms. The maximum absolute atomic E-state index is 14.4. The molecule has 4 fully saturated rings. The summed E-state index contributed by atoms with van der Waals surface area (Å²) in [5, 5.41) is 3.89. The zero-order valence-electron chi connectivity index (χ0n) is 15.0. The monoisotopic (exact) mass is 373 g/mol. The van der Waals surface area contributed by atoms with E-state index in [0.29, 0.717) is 33.7 Å². The molecule has 26 heavy (non-hydrogen) atoms. The number of carbonyl (C=O) groups is 1. The van der Waals surface area contributed by atoms with Crippen molar-refractivity contribution in [3.8, 4) is 0 Å². The van der Waals surface area contributed by atoms with Crippen LogP contribution in [-0.4, -0.2) is 19.1 Å². The van der Waals surface area contributed by atoms with Crippen LogP contribution in [-0.2, 0) is 11.3 Å². The predicted octanol–water partition coefficient (Wildman–Crippen LogP) is 4.74. The van der Waals surface area contributed by atoms with Crippen LogP contribution in [0.4, 0.5) is 4.39 Å². The summed E-state index contributed by atoms with van der Waals surface area (Å²) >= 11 is 1.38. The zero-order chi connectivity index (χ0) is 17.8. The maximum Gasteiger partial charge on any atom is 0.262 e. The number of carbonyl (C=O) groups excluding carboxylic acids is 1. The van der Waals surface area contributed by atoms with E-state index in [0.717, 1.165) is 16.5 Å². The van der Waals surface area contributed by atoms with Crippen molar-refractivity contribution in [1.29, 1.82) is 0 Å². The van der Waals surface area contributed by atoms with E-state index in [1.54, 1.807) is 13.2 Å². The molecule has 4 bridgehead atoms. The Labute approximate surface area is 156 Å². The molecule has 0 radical (unpaired) electrons. The highest BCUT2D eigenvalue weighted by Crippen LogP contribution is 2.53. The van der Waals surface area contributed by atoms with Gasteiger partial charge in [-0.05, 0) is 67.9 Å². The predicted molar refractivity (Wildman–Crippen MR) is 101 cm³/mol. The molecule has 1 aromatic carbocycles. The van der Waals surface area contributed by atoms with E-state index in [4.69, 9.17) is 4.74 Å². The van der Waals surface area contributed by atoms with E-state index < -0.39 is 0 Å². The number of thiophene rings is 1. The molecule has 1 amide bonds. The molecular weight excluding hydrogens is 349 g/mol. The van der Waals surface area contributed by atoms with Gasteiger partial charge in [0, 0.05) is 28.8 Å². The van der Waals surface area contributed by atoms with E-state index in [9.17, 15) is 9.18 Å². The van der Waals surface area contributed by atoms with Gasteiger partial charge in [0.2, 0.25) is 0 Å². The quantitative estimate of drug-likeness (QED) is 0.840. The van der Waals surface area contributed by atoms with Crippen molar-refractivity contribution in [1.82, 2.24) is 5.32 Å². The molecule has 6 rings (SSSR count). The van der Waals surface area contributed by atoms with Crippen LogP contribution in [0.15, 0.2) is 18.2 Å². The third-order valence-electron chi connectivity index (χ3n) is 6.78. The lowest BCUT2D eigenvalue weighted by Gasteiger charge is -2.54. The summed E-state index contributed by atoms with van der Waals surface area (Å²) in [6, 6.07) is 5.32. The average Bonchev–Trinajstić information content (AvgIpc) is 2.98. The molecular formula is C21H24FNO2S. The van der Waals surface area contributed by atoms with Gasteiger partial charge in [-0.3, -0.25) is 4.79 Å². The van der Waals surface area contributed by atoms with E-state index >= 15 is 0 Å². The molecule has 4 aliphatic carbocycles. The SMILES string of the molecule is COCc1c(C(=O)NC2C3CC4CC(C3)CC2C4)sc2cccc(F)c12. The number of fused-ring (bicyclic) bond motifs is 1. The Bertz CT molecular complexity index is 833. The van der Waals surface area contributed by atoms with Gasteiger partial charge in [-0.25, -0.2) is 4.39 Å². The fraction of sp³-hybridized carbons (Fsp3) is 0.571. The van der Waals surface area contributed by atoms with E-state index in [-0.39, 0.29) is 18.3 Å². The number of halogens is 1. The number of hydrogen-bond acceptors (Lipinski definition) is 3. The summed E-state index contributed by atoms with van der Waals surface area (Å²) < 4.78 is 20.5. The Morgan fingerprint density at radius 1 is 1.19 bits per heavy atom. The van der Waals surface area contributed by atoms with Crippen LogP contribution in [0.5, 0.6) is 0 Å². The number of methoxy groups -OCH3 is 1. The van der Waals surface area contributed by atoms with Crippen molar-refractivity contribution < 1.29 is 13.9 Å². The summed E-state index contributed by atoms with van der Waals surface area (Å²) in [6.45, 7) is 0.255. The van der Waals surface area contributed by atoms with E-state index in [1.807, 2.05) is 6.07 Å². The highest BCUT2D eigenvalue weighted by atomic mass is 32.1. The van der Waals surface area contributed by atoms with Crippen molar-refractivity contribution in [2.45, 2.75) is 44.8 Å². The second-order valence-electron chi connectivity index (χ2n) is 8.39. The number of nitrogens with one attached hydrogen (secondary N) is 1. The highest BCUT2D eigenvalue weighted by molar-refractivity contribution is 7.21. The summed E-state index contributed by atoms with van der Waals surface area (Å²) in [6.07, 6.45) is 6.48. The average molecular weight is 373 g/mol. The minimum Gasteiger partial charge on any atom is -0.380 e. The molecule has 3 nitrogen and oxygen atoms in total. The molecule has 0 aliphatic heterocycles. The van der Waals surface area contributed by atoms with Gasteiger partial charge in [-0.1, -0.05) is 6.07 Å². The van der Waals surface area contributed by atoms with Crippen molar-refractivity contribution in [2.24, 2.45) is 23.7 Å². The fourth-order valence-corrected chi connectivity index (χ4v) is 7.14. The van der Waals surface area contributed by atoms with Gasteiger partial charge >= 0.3 is 0 Å². The number of amides is 1. The molecule has 0 atom stereocenters. The zero-order valence-corrected chi connectivity index (χ0v) is 15.8. The first-order chi connectivity index (χ1) is 12.6. The first kappa shape index (κ1) is 16.7. The lowest BCUT2D eigenvalue weighted by molar-refractivity contribution is -0.0119. The van der Waals surface area contributed by atoms with Crippen molar-refractivity contribution in [3.05, 3.63) is 34.5 Å². The molecule has 1 heterocycles. The first-order valence-electron chi connectivity index (χ1n) is 9.63. The maximum atomic E-state index is 14.4. The van der Waals surface area contributed by atoms with E-state index in [2.05, 4.69) is 5.32 Å². The summed E-state index contributed by atoms with van der Waals surface area (Å²) in [5.41, 5.74) is 0.687. The Kier molecular flexibility index (Phi) is 4.05. The first-order valence-corrected chi connectivity index (χ1v) is 10.5. The number of rotatable bonds is 4. The van der Waals surface area contributed by atoms with E-state index in [1.165, 1.54) is 49.5 Å². The third kappa shape index (κ3) is 2.59. The molecule has 2 aromatic rings. The molecule has 0 spiro atoms. The topological polar surface area (TPSA) is 38.3 Å². The van der Waals surface area contributed by atoms with Crippen molar-refractivity contribution >= 4 is 27.3 Å². The van der Waals surface area contributed by atoms with Gasteiger partial charge in [0.1, 0.15) is 5.82 Å². The standard InChI is InChI=1S/C21H24FNO2S/c1-25-10-15-18-16(22)3-2-4-17(18)26-20(15)21(24)23-19-13-6-11-5-12(8-13)9-14(19)7-11/h2-4,11-14,19H,5-10H2,1H3,(H,23,24). The molecule has 4 aliphatic rings. The molecule has 1 aromatic heterocycles. The number of ether oxygens (including phenoxy) is 1. The highest BCUT2D eigenvalue weighted by Gasteiger charge is 2.48. The summed E-state index contributed by atoms with van der Waals surface area (Å²) in [7, 11) is 1.59. The molecule has 0 unspecified atom stereocenters. The van der Waals surface area contributed by atoms with Gasteiger partial charge in [-0.15, -0.1) is 11.3 Å². The van der Waals surface area contributed by atoms with Crippen molar-refractivity contribution in [2.75, 3.05) is 7.11 Å². The van der Waals surface area contributed by atoms with Gasteiger partial charge in [0.25, 0.3) is 5.91 Å².